The number of hydrogen-bond donors (Lipinski definition) is 1. The number of nitrogens with one attached hydrogen (secondary N) is 1. The Morgan fingerprint density at radius 3 is 2.68 bits per heavy atom. The molecule has 2 rings (SSSR count). The number of hydrogen-bond acceptors (Lipinski definition) is 7. The first kappa shape index (κ1) is 19.4. The molecule has 0 aromatic carbocycles. The summed E-state index contributed by atoms with van der Waals surface area (Å²) in [7, 11) is -3.11. The Morgan fingerprint density at radius 1 is 1.36 bits per heavy atom. The summed E-state index contributed by atoms with van der Waals surface area (Å²) in [5.41, 5.74) is 2.26. The lowest BCUT2D eigenvalue weighted by Gasteiger charge is -2.28. The van der Waals surface area contributed by atoms with Gasteiger partial charge in [-0.25, -0.2) is 18.6 Å². The molecule has 140 valence electrons. The normalized spacial score (nSPS) is 22.0. The number of hydrazone groups is 1. The third-order valence-corrected chi connectivity index (χ3v) is 5.94. The smallest absolute Gasteiger partial charge is 0.355 e. The van der Waals surface area contributed by atoms with Crippen LogP contribution in [0.4, 0.5) is 0 Å². The summed E-state index contributed by atoms with van der Waals surface area (Å²) < 4.78 is 28.3. The quantitative estimate of drug-likeness (QED) is 0.607. The molecule has 1 saturated heterocycles. The summed E-state index contributed by atoms with van der Waals surface area (Å²) in [6.45, 7) is 1.94. The monoisotopic (exact) mass is 373 g/mol. The Hall–Kier alpha value is -1.97. The minimum absolute atomic E-state index is 0.0465. The molecule has 9 nitrogen and oxygen atoms in total. The Morgan fingerprint density at radius 2 is 2.12 bits per heavy atom. The number of carbonyl (C=O) groups excluding carboxylic acids is 3. The second-order valence-corrected chi connectivity index (χ2v) is 8.40. The fraction of sp³-hybridized carbons (Fsp3) is 0.733. The number of ether oxygens (including phenoxy) is 1. The molecular weight excluding hydrogens is 350 g/mol. The first-order valence-corrected chi connectivity index (χ1v) is 10.2. The van der Waals surface area contributed by atoms with Crippen molar-refractivity contribution < 1.29 is 27.5 Å². The van der Waals surface area contributed by atoms with E-state index in [2.05, 4.69) is 10.5 Å². The van der Waals surface area contributed by atoms with Gasteiger partial charge in [0.2, 0.25) is 5.91 Å². The minimum atomic E-state index is -3.11. The maximum atomic E-state index is 12.4. The summed E-state index contributed by atoms with van der Waals surface area (Å²) in [6.07, 6.45) is 2.32. The average Bonchev–Trinajstić information content (AvgIpc) is 2.93. The lowest BCUT2D eigenvalue weighted by Crippen LogP contribution is -2.44. The number of nitrogens with zero attached hydrogens (tertiary/aromatic N) is 2. The van der Waals surface area contributed by atoms with Gasteiger partial charge in [0.05, 0.1) is 11.5 Å². The highest BCUT2D eigenvalue weighted by Gasteiger charge is 2.34. The molecular formula is C15H23N3O6S. The fourth-order valence-corrected chi connectivity index (χ4v) is 4.51. The zero-order valence-corrected chi connectivity index (χ0v) is 15.0. The molecule has 10 heteroatoms. The molecule has 1 atom stereocenters. The third kappa shape index (κ3) is 5.52. The van der Waals surface area contributed by atoms with E-state index in [9.17, 15) is 22.8 Å². The van der Waals surface area contributed by atoms with E-state index in [0.29, 0.717) is 13.0 Å². The topological polar surface area (TPSA) is 122 Å². The van der Waals surface area contributed by atoms with Crippen LogP contribution >= 0.6 is 0 Å². The molecule has 1 N–H and O–H groups in total. The van der Waals surface area contributed by atoms with Crippen LogP contribution in [0.2, 0.25) is 0 Å². The number of carbonyl (C=O) groups is 3. The van der Waals surface area contributed by atoms with Crippen molar-refractivity contribution in [1.29, 1.82) is 0 Å². The van der Waals surface area contributed by atoms with Crippen LogP contribution in [0.5, 0.6) is 0 Å². The standard InChI is InChI=1S/C15H23N3O6S/c1-2-3-7-18(11-6-8-25(22,23)10-11)14(20)9-24-15(21)12-4-5-13(19)17-16-12/h11H,2-10H2,1H3,(H,17,19)/t11-/m1/s1. The van der Waals surface area contributed by atoms with E-state index in [1.54, 1.807) is 0 Å². The van der Waals surface area contributed by atoms with Crippen molar-refractivity contribution in [2.45, 2.75) is 45.1 Å². The molecule has 0 unspecified atom stereocenters. The number of sulfone groups is 1. The van der Waals surface area contributed by atoms with Gasteiger partial charge in [-0.05, 0) is 12.8 Å². The van der Waals surface area contributed by atoms with Crippen LogP contribution in [-0.4, -0.2) is 67.5 Å². The van der Waals surface area contributed by atoms with Gasteiger partial charge in [-0.2, -0.15) is 5.10 Å². The number of amides is 2. The molecule has 0 aromatic rings. The second-order valence-electron chi connectivity index (χ2n) is 6.17. The highest BCUT2D eigenvalue weighted by molar-refractivity contribution is 7.91. The lowest BCUT2D eigenvalue weighted by molar-refractivity contribution is -0.148. The zero-order valence-electron chi connectivity index (χ0n) is 14.2. The molecule has 0 aliphatic carbocycles. The predicted octanol–water partition coefficient (Wildman–Crippen LogP) is -0.389. The molecule has 2 aliphatic rings. The van der Waals surface area contributed by atoms with Crippen molar-refractivity contribution >= 4 is 33.3 Å². The van der Waals surface area contributed by atoms with Gasteiger partial charge in [-0.1, -0.05) is 13.3 Å². The summed E-state index contributed by atoms with van der Waals surface area (Å²) in [6, 6.07) is -0.367. The first-order chi connectivity index (χ1) is 11.8. The van der Waals surface area contributed by atoms with Crippen molar-refractivity contribution in [1.82, 2.24) is 10.3 Å². The molecule has 2 aliphatic heterocycles. The number of unbranched alkanes of at least 4 members (excludes halogenated alkanes) is 1. The van der Waals surface area contributed by atoms with E-state index in [1.165, 1.54) is 4.90 Å². The third-order valence-electron chi connectivity index (χ3n) is 4.19. The van der Waals surface area contributed by atoms with E-state index in [1.807, 2.05) is 6.92 Å². The molecule has 0 saturated carbocycles. The fourth-order valence-electron chi connectivity index (χ4n) is 2.78. The van der Waals surface area contributed by atoms with Crippen LogP contribution in [0.1, 0.15) is 39.0 Å². The van der Waals surface area contributed by atoms with E-state index < -0.39 is 28.3 Å². The minimum Gasteiger partial charge on any atom is -0.451 e. The highest BCUT2D eigenvalue weighted by Crippen LogP contribution is 2.18. The van der Waals surface area contributed by atoms with Crippen molar-refractivity contribution in [3.63, 3.8) is 0 Å². The zero-order chi connectivity index (χ0) is 18.4. The van der Waals surface area contributed by atoms with Crippen LogP contribution in [-0.2, 0) is 29.0 Å². The van der Waals surface area contributed by atoms with Crippen LogP contribution in [0, 0.1) is 0 Å². The SMILES string of the molecule is CCCCN(C(=O)COC(=O)C1=NNC(=O)CC1)[C@@H]1CCS(=O)(=O)C1. The van der Waals surface area contributed by atoms with Gasteiger partial charge < -0.3 is 9.64 Å². The average molecular weight is 373 g/mol. The molecule has 0 aromatic heterocycles. The van der Waals surface area contributed by atoms with Crippen molar-refractivity contribution in [2.24, 2.45) is 5.10 Å². The second kappa shape index (κ2) is 8.41. The van der Waals surface area contributed by atoms with E-state index in [-0.39, 0.29) is 42.0 Å². The molecule has 2 amide bonds. The van der Waals surface area contributed by atoms with Gasteiger partial charge in [0.1, 0.15) is 5.71 Å². The predicted molar refractivity (Wildman–Crippen MR) is 89.5 cm³/mol. The lowest BCUT2D eigenvalue weighted by atomic mass is 10.2. The van der Waals surface area contributed by atoms with Gasteiger partial charge >= 0.3 is 5.97 Å². The summed E-state index contributed by atoms with van der Waals surface area (Å²) in [5, 5.41) is 3.62. The Bertz CT molecular complexity index is 673. The van der Waals surface area contributed by atoms with Crippen molar-refractivity contribution in [3.8, 4) is 0 Å². The van der Waals surface area contributed by atoms with Crippen LogP contribution in [0.15, 0.2) is 5.10 Å². The largest absolute Gasteiger partial charge is 0.451 e. The van der Waals surface area contributed by atoms with Gasteiger partial charge in [-0.3, -0.25) is 9.59 Å². The van der Waals surface area contributed by atoms with Crippen LogP contribution in [0.3, 0.4) is 0 Å². The van der Waals surface area contributed by atoms with Crippen LogP contribution < -0.4 is 5.43 Å². The number of rotatable bonds is 7. The van der Waals surface area contributed by atoms with E-state index >= 15 is 0 Å². The molecule has 1 fully saturated rings. The van der Waals surface area contributed by atoms with Crippen LogP contribution in [0.25, 0.3) is 0 Å². The first-order valence-electron chi connectivity index (χ1n) is 8.35. The molecule has 2 heterocycles. The Kier molecular flexibility index (Phi) is 6.51. The van der Waals surface area contributed by atoms with E-state index in [4.69, 9.17) is 4.74 Å². The summed E-state index contributed by atoms with van der Waals surface area (Å²) in [4.78, 5) is 36.8. The highest BCUT2D eigenvalue weighted by atomic mass is 32.2. The van der Waals surface area contributed by atoms with Crippen molar-refractivity contribution in [3.05, 3.63) is 0 Å². The van der Waals surface area contributed by atoms with Gasteiger partial charge in [-0.15, -0.1) is 0 Å². The van der Waals surface area contributed by atoms with Gasteiger partial charge in [0, 0.05) is 25.4 Å². The maximum absolute atomic E-state index is 12.4. The van der Waals surface area contributed by atoms with Gasteiger partial charge in [0.25, 0.3) is 5.91 Å². The molecule has 0 spiro atoms. The summed E-state index contributed by atoms with van der Waals surface area (Å²) >= 11 is 0. The summed E-state index contributed by atoms with van der Waals surface area (Å²) in [5.74, 6) is -1.41. The molecule has 25 heavy (non-hydrogen) atoms. The van der Waals surface area contributed by atoms with Crippen molar-refractivity contribution in [2.75, 3.05) is 24.7 Å². The molecule has 0 radical (unpaired) electrons. The maximum Gasteiger partial charge on any atom is 0.355 e. The Balaban J connectivity index is 1.92. The van der Waals surface area contributed by atoms with E-state index in [0.717, 1.165) is 12.8 Å². The molecule has 0 bridgehead atoms. The van der Waals surface area contributed by atoms with Gasteiger partial charge in [0.15, 0.2) is 16.4 Å². The number of esters is 1. The Labute approximate surface area is 146 Å².